The molecule has 5 nitrogen and oxygen atoms in total. The van der Waals surface area contributed by atoms with Gasteiger partial charge in [0.25, 0.3) is 0 Å². The van der Waals surface area contributed by atoms with Crippen LogP contribution in [0.25, 0.3) is 0 Å². The van der Waals surface area contributed by atoms with Gasteiger partial charge in [0.2, 0.25) is 11.8 Å². The molecule has 1 aliphatic rings. The molecule has 0 unspecified atom stereocenters. The third-order valence-corrected chi connectivity index (χ3v) is 5.95. The van der Waals surface area contributed by atoms with E-state index < -0.39 is 0 Å². The lowest BCUT2D eigenvalue weighted by molar-refractivity contribution is -0.125. The van der Waals surface area contributed by atoms with Crippen LogP contribution in [0.1, 0.15) is 29.3 Å². The van der Waals surface area contributed by atoms with E-state index in [4.69, 9.17) is 11.6 Å². The van der Waals surface area contributed by atoms with Gasteiger partial charge in [-0.2, -0.15) is 0 Å². The van der Waals surface area contributed by atoms with Crippen LogP contribution in [0.5, 0.6) is 0 Å². The fourth-order valence-corrected chi connectivity index (χ4v) is 4.24. The fraction of sp³-hybridized carbons (Fsp3) is 0.368. The first-order chi connectivity index (χ1) is 12.5. The highest BCUT2D eigenvalue weighted by molar-refractivity contribution is 7.10. The second-order valence-corrected chi connectivity index (χ2v) is 7.77. The molecule has 1 fully saturated rings. The highest BCUT2D eigenvalue weighted by Gasteiger charge is 2.28. The molecule has 0 saturated carbocycles. The molecular formula is C19H22ClN3O2S. The summed E-state index contributed by atoms with van der Waals surface area (Å²) < 4.78 is 0. The molecule has 2 N–H and O–H groups in total. The lowest BCUT2D eigenvalue weighted by Crippen LogP contribution is -2.40. The van der Waals surface area contributed by atoms with E-state index >= 15 is 0 Å². The smallest absolute Gasteiger partial charge is 0.243 e. The maximum atomic E-state index is 12.2. The topological polar surface area (TPSA) is 61.4 Å². The summed E-state index contributed by atoms with van der Waals surface area (Å²) in [6.07, 6.45) is 2.16. The maximum absolute atomic E-state index is 12.2. The highest BCUT2D eigenvalue weighted by Crippen LogP contribution is 2.33. The Morgan fingerprint density at radius 3 is 2.88 bits per heavy atom. The number of rotatable bonds is 6. The normalized spacial score (nSPS) is 17.2. The van der Waals surface area contributed by atoms with Crippen molar-refractivity contribution in [2.24, 2.45) is 0 Å². The molecule has 7 heteroatoms. The predicted octanol–water partition coefficient (Wildman–Crippen LogP) is 3.60. The summed E-state index contributed by atoms with van der Waals surface area (Å²) >= 11 is 7.77. The number of hydrogen-bond acceptors (Lipinski definition) is 4. The molecule has 0 spiro atoms. The van der Waals surface area contributed by atoms with Crippen LogP contribution in [0.3, 0.4) is 0 Å². The first kappa shape index (κ1) is 18.9. The zero-order valence-corrected chi connectivity index (χ0v) is 16.2. The molecule has 1 atom stereocenters. The molecule has 3 rings (SSSR count). The van der Waals surface area contributed by atoms with Crippen LogP contribution in [-0.4, -0.2) is 36.3 Å². The zero-order chi connectivity index (χ0) is 18.5. The van der Waals surface area contributed by atoms with Crippen molar-refractivity contribution in [3.05, 3.63) is 51.2 Å². The van der Waals surface area contributed by atoms with Gasteiger partial charge in [-0.3, -0.25) is 14.5 Å². The lowest BCUT2D eigenvalue weighted by atomic mass is 10.2. The van der Waals surface area contributed by atoms with E-state index in [9.17, 15) is 9.59 Å². The van der Waals surface area contributed by atoms with Crippen LogP contribution in [0.15, 0.2) is 35.7 Å². The van der Waals surface area contributed by atoms with Crippen molar-refractivity contribution in [3.63, 3.8) is 0 Å². The fourth-order valence-electron chi connectivity index (χ4n) is 3.17. The molecule has 138 valence electrons. The Morgan fingerprint density at radius 1 is 1.27 bits per heavy atom. The van der Waals surface area contributed by atoms with Crippen molar-refractivity contribution in [2.75, 3.05) is 25.0 Å². The summed E-state index contributed by atoms with van der Waals surface area (Å²) in [5.41, 5.74) is 1.47. The Hall–Kier alpha value is -1.89. The van der Waals surface area contributed by atoms with Crippen molar-refractivity contribution in [1.29, 1.82) is 0 Å². The van der Waals surface area contributed by atoms with Crippen LogP contribution in [0.2, 0.25) is 5.02 Å². The standard InChI is InChI=1S/C19H22ClN3O2S/c1-13-14(20)5-2-6-15(13)22-18(24)11-21-19(25)12-23-9-3-7-16(23)17-8-4-10-26-17/h2,4-6,8,10,16H,3,7,9,11-12H2,1H3,(H,21,25)(H,22,24)/t16-/m0/s1. The molecule has 1 aromatic carbocycles. The van der Waals surface area contributed by atoms with Gasteiger partial charge in [0.05, 0.1) is 13.1 Å². The van der Waals surface area contributed by atoms with E-state index in [2.05, 4.69) is 27.0 Å². The molecule has 2 heterocycles. The third-order valence-electron chi connectivity index (χ3n) is 4.57. The van der Waals surface area contributed by atoms with E-state index in [1.807, 2.05) is 13.0 Å². The third kappa shape index (κ3) is 4.63. The Kier molecular flexibility index (Phi) is 6.29. The lowest BCUT2D eigenvalue weighted by Gasteiger charge is -2.22. The van der Waals surface area contributed by atoms with Crippen molar-refractivity contribution in [1.82, 2.24) is 10.2 Å². The van der Waals surface area contributed by atoms with Crippen molar-refractivity contribution in [2.45, 2.75) is 25.8 Å². The van der Waals surface area contributed by atoms with Gasteiger partial charge in [0, 0.05) is 21.6 Å². The number of likely N-dealkylation sites (tertiary alicyclic amines) is 1. The van der Waals surface area contributed by atoms with E-state index in [1.54, 1.807) is 29.5 Å². The zero-order valence-electron chi connectivity index (χ0n) is 14.6. The average molecular weight is 392 g/mol. The van der Waals surface area contributed by atoms with Crippen LogP contribution in [0.4, 0.5) is 5.69 Å². The van der Waals surface area contributed by atoms with Gasteiger partial charge in [-0.1, -0.05) is 23.7 Å². The minimum Gasteiger partial charge on any atom is -0.346 e. The highest BCUT2D eigenvalue weighted by atomic mass is 35.5. The summed E-state index contributed by atoms with van der Waals surface area (Å²) in [7, 11) is 0. The number of carbonyl (C=O) groups excluding carboxylic acids is 2. The van der Waals surface area contributed by atoms with Crippen molar-refractivity contribution >= 4 is 40.4 Å². The Balaban J connectivity index is 1.48. The number of hydrogen-bond donors (Lipinski definition) is 2. The molecule has 0 bridgehead atoms. The first-order valence-electron chi connectivity index (χ1n) is 8.63. The predicted molar refractivity (Wildman–Crippen MR) is 106 cm³/mol. The largest absolute Gasteiger partial charge is 0.346 e. The van der Waals surface area contributed by atoms with Gasteiger partial charge < -0.3 is 10.6 Å². The number of anilines is 1. The quantitative estimate of drug-likeness (QED) is 0.790. The summed E-state index contributed by atoms with van der Waals surface area (Å²) in [5.74, 6) is -0.397. The molecular weight excluding hydrogens is 370 g/mol. The summed E-state index contributed by atoms with van der Waals surface area (Å²) in [5, 5.41) is 8.15. The number of nitrogens with zero attached hydrogens (tertiary/aromatic N) is 1. The molecule has 2 amide bonds. The monoisotopic (exact) mass is 391 g/mol. The summed E-state index contributed by atoms with van der Waals surface area (Å²) in [6, 6.07) is 9.81. The van der Waals surface area contributed by atoms with E-state index in [0.717, 1.165) is 24.9 Å². The van der Waals surface area contributed by atoms with Gasteiger partial charge in [0.15, 0.2) is 0 Å². The van der Waals surface area contributed by atoms with Crippen LogP contribution in [-0.2, 0) is 9.59 Å². The molecule has 26 heavy (non-hydrogen) atoms. The van der Waals surface area contributed by atoms with E-state index in [-0.39, 0.29) is 18.4 Å². The maximum Gasteiger partial charge on any atom is 0.243 e. The van der Waals surface area contributed by atoms with Gasteiger partial charge in [0.1, 0.15) is 0 Å². The molecule has 1 aromatic heterocycles. The molecule has 0 aliphatic carbocycles. The Labute approximate surface area is 162 Å². The summed E-state index contributed by atoms with van der Waals surface area (Å²) in [4.78, 5) is 27.8. The first-order valence-corrected chi connectivity index (χ1v) is 9.89. The van der Waals surface area contributed by atoms with E-state index in [1.165, 1.54) is 4.88 Å². The van der Waals surface area contributed by atoms with Crippen LogP contribution < -0.4 is 10.6 Å². The van der Waals surface area contributed by atoms with E-state index in [0.29, 0.717) is 23.3 Å². The van der Waals surface area contributed by atoms with Gasteiger partial charge in [-0.25, -0.2) is 0 Å². The van der Waals surface area contributed by atoms with Crippen LogP contribution in [0, 0.1) is 6.92 Å². The minimum absolute atomic E-state index is 0.0533. The SMILES string of the molecule is Cc1c(Cl)cccc1NC(=O)CNC(=O)CN1CCC[C@H]1c1cccs1. The minimum atomic E-state index is -0.264. The van der Waals surface area contributed by atoms with Crippen molar-refractivity contribution < 1.29 is 9.59 Å². The summed E-state index contributed by atoms with van der Waals surface area (Å²) in [6.45, 7) is 3.01. The number of halogens is 1. The molecule has 2 aromatic rings. The second-order valence-electron chi connectivity index (χ2n) is 6.38. The van der Waals surface area contributed by atoms with Crippen molar-refractivity contribution in [3.8, 4) is 0 Å². The number of carbonyl (C=O) groups is 2. The number of benzene rings is 1. The Morgan fingerprint density at radius 2 is 2.12 bits per heavy atom. The van der Waals surface area contributed by atoms with Crippen LogP contribution >= 0.6 is 22.9 Å². The van der Waals surface area contributed by atoms with Gasteiger partial charge in [-0.05, 0) is 55.5 Å². The van der Waals surface area contributed by atoms with Gasteiger partial charge in [-0.15, -0.1) is 11.3 Å². The molecule has 1 aliphatic heterocycles. The molecule has 0 radical (unpaired) electrons. The number of amides is 2. The average Bonchev–Trinajstić information content (AvgIpc) is 3.28. The molecule has 1 saturated heterocycles. The number of thiophene rings is 1. The second kappa shape index (κ2) is 8.66. The Bertz CT molecular complexity index is 779. The van der Waals surface area contributed by atoms with Gasteiger partial charge >= 0.3 is 0 Å². The number of nitrogens with one attached hydrogen (secondary N) is 2.